The maximum atomic E-state index is 11.9. The number of carbonyl (C=O) groups is 1. The van der Waals surface area contributed by atoms with Crippen LogP contribution in [0.3, 0.4) is 0 Å². The zero-order valence-electron chi connectivity index (χ0n) is 13.0. The summed E-state index contributed by atoms with van der Waals surface area (Å²) in [7, 11) is 0. The second-order valence-corrected chi connectivity index (χ2v) is 5.70. The molecule has 1 fully saturated rings. The van der Waals surface area contributed by atoms with Crippen molar-refractivity contribution in [1.29, 1.82) is 0 Å². The first-order valence-electron chi connectivity index (χ1n) is 7.78. The third kappa shape index (κ3) is 3.51. The third-order valence-corrected chi connectivity index (χ3v) is 4.22. The smallest absolute Gasteiger partial charge is 0.231 e. The van der Waals surface area contributed by atoms with Crippen molar-refractivity contribution in [1.82, 2.24) is 4.90 Å². The lowest BCUT2D eigenvalue weighted by atomic mass is 10.1. The van der Waals surface area contributed by atoms with Crippen LogP contribution in [-0.4, -0.2) is 57.0 Å². The highest BCUT2D eigenvalue weighted by atomic mass is 16.7. The summed E-state index contributed by atoms with van der Waals surface area (Å²) in [5.41, 5.74) is 1.00. The molecule has 2 aliphatic heterocycles. The standard InChI is InChI=1S/C16H22N2O4/c1-13(19)18(6-5-17-7-9-20-10-8-17)11-14-3-2-4-15-16(14)22-12-21-15/h2-4H,5-12H2,1H3/p+1. The monoisotopic (exact) mass is 307 g/mol. The van der Waals surface area contributed by atoms with Crippen molar-refractivity contribution in [3.8, 4) is 11.5 Å². The molecule has 3 rings (SSSR count). The second-order valence-electron chi connectivity index (χ2n) is 5.70. The molecule has 6 heteroatoms. The van der Waals surface area contributed by atoms with Gasteiger partial charge in [0.15, 0.2) is 11.5 Å². The fraction of sp³-hybridized carbons (Fsp3) is 0.562. The van der Waals surface area contributed by atoms with Gasteiger partial charge in [-0.3, -0.25) is 4.79 Å². The van der Waals surface area contributed by atoms with Gasteiger partial charge in [-0.15, -0.1) is 0 Å². The first kappa shape index (κ1) is 15.1. The Balaban J connectivity index is 1.62. The number of fused-ring (bicyclic) bond motifs is 1. The van der Waals surface area contributed by atoms with Gasteiger partial charge < -0.3 is 24.0 Å². The molecule has 0 bridgehead atoms. The minimum Gasteiger partial charge on any atom is -0.454 e. The topological polar surface area (TPSA) is 52.4 Å². The van der Waals surface area contributed by atoms with Crippen LogP contribution in [0.5, 0.6) is 11.5 Å². The number of ether oxygens (including phenoxy) is 3. The molecule has 0 saturated carbocycles. The molecule has 0 aliphatic carbocycles. The van der Waals surface area contributed by atoms with Gasteiger partial charge in [-0.2, -0.15) is 0 Å². The number of quaternary nitrogens is 1. The molecular formula is C16H23N2O4+. The van der Waals surface area contributed by atoms with Gasteiger partial charge in [0, 0.05) is 19.0 Å². The number of para-hydroxylation sites is 1. The van der Waals surface area contributed by atoms with Gasteiger partial charge >= 0.3 is 0 Å². The summed E-state index contributed by atoms with van der Waals surface area (Å²) in [6.07, 6.45) is 0. The van der Waals surface area contributed by atoms with Gasteiger partial charge in [-0.1, -0.05) is 12.1 Å². The Morgan fingerprint density at radius 2 is 2.09 bits per heavy atom. The van der Waals surface area contributed by atoms with Gasteiger partial charge in [-0.25, -0.2) is 0 Å². The van der Waals surface area contributed by atoms with Crippen LogP contribution in [-0.2, 0) is 16.1 Å². The fourth-order valence-electron chi connectivity index (χ4n) is 2.87. The summed E-state index contributed by atoms with van der Waals surface area (Å²) in [4.78, 5) is 15.3. The van der Waals surface area contributed by atoms with Crippen LogP contribution in [0.4, 0.5) is 0 Å². The van der Waals surface area contributed by atoms with Crippen molar-refractivity contribution in [3.05, 3.63) is 23.8 Å². The van der Waals surface area contributed by atoms with Crippen LogP contribution in [0.2, 0.25) is 0 Å². The van der Waals surface area contributed by atoms with Gasteiger partial charge in [0.1, 0.15) is 13.1 Å². The molecule has 0 radical (unpaired) electrons. The molecule has 1 amide bonds. The van der Waals surface area contributed by atoms with Crippen LogP contribution in [0.25, 0.3) is 0 Å². The van der Waals surface area contributed by atoms with Gasteiger partial charge in [-0.05, 0) is 6.07 Å². The van der Waals surface area contributed by atoms with E-state index in [-0.39, 0.29) is 12.7 Å². The predicted molar refractivity (Wildman–Crippen MR) is 80.0 cm³/mol. The summed E-state index contributed by atoms with van der Waals surface area (Å²) in [5, 5.41) is 0. The van der Waals surface area contributed by atoms with E-state index in [0.29, 0.717) is 6.54 Å². The van der Waals surface area contributed by atoms with Gasteiger partial charge in [0.25, 0.3) is 0 Å². The van der Waals surface area contributed by atoms with Crippen LogP contribution >= 0.6 is 0 Å². The molecule has 22 heavy (non-hydrogen) atoms. The number of hydrogen-bond acceptors (Lipinski definition) is 4. The Morgan fingerprint density at radius 1 is 1.27 bits per heavy atom. The molecule has 2 aliphatic rings. The highest BCUT2D eigenvalue weighted by Crippen LogP contribution is 2.35. The Bertz CT molecular complexity index is 529. The first-order valence-corrected chi connectivity index (χ1v) is 7.78. The lowest BCUT2D eigenvalue weighted by Crippen LogP contribution is -3.14. The highest BCUT2D eigenvalue weighted by molar-refractivity contribution is 5.73. The predicted octanol–water partition coefficient (Wildman–Crippen LogP) is -0.321. The number of nitrogens with zero attached hydrogens (tertiary/aromatic N) is 1. The Morgan fingerprint density at radius 3 is 2.86 bits per heavy atom. The highest BCUT2D eigenvalue weighted by Gasteiger charge is 2.21. The quantitative estimate of drug-likeness (QED) is 0.810. The third-order valence-electron chi connectivity index (χ3n) is 4.22. The molecule has 1 N–H and O–H groups in total. The minimum absolute atomic E-state index is 0.0872. The number of benzene rings is 1. The lowest BCUT2D eigenvalue weighted by Gasteiger charge is -2.27. The molecule has 0 unspecified atom stereocenters. The average molecular weight is 307 g/mol. The van der Waals surface area contributed by atoms with Crippen molar-refractivity contribution in [3.63, 3.8) is 0 Å². The fourth-order valence-corrected chi connectivity index (χ4v) is 2.87. The number of nitrogens with one attached hydrogen (secondary N) is 1. The number of rotatable bonds is 5. The van der Waals surface area contributed by atoms with Crippen molar-refractivity contribution in [2.75, 3.05) is 46.2 Å². The molecule has 1 saturated heterocycles. The Kier molecular flexibility index (Phi) is 4.80. The molecule has 1 aromatic rings. The number of hydrogen-bond donors (Lipinski definition) is 1. The molecule has 0 aromatic heterocycles. The Labute approximate surface area is 130 Å². The zero-order chi connectivity index (χ0) is 15.4. The summed E-state index contributed by atoms with van der Waals surface area (Å²) in [6, 6.07) is 5.82. The summed E-state index contributed by atoms with van der Waals surface area (Å²) in [5.74, 6) is 1.62. The molecule has 120 valence electrons. The van der Waals surface area contributed by atoms with E-state index in [1.54, 1.807) is 6.92 Å². The largest absolute Gasteiger partial charge is 0.454 e. The van der Waals surface area contributed by atoms with Crippen LogP contribution in [0.15, 0.2) is 18.2 Å². The molecule has 2 heterocycles. The van der Waals surface area contributed by atoms with E-state index in [2.05, 4.69) is 0 Å². The van der Waals surface area contributed by atoms with Gasteiger partial charge in [0.2, 0.25) is 12.7 Å². The van der Waals surface area contributed by atoms with E-state index >= 15 is 0 Å². The van der Waals surface area contributed by atoms with E-state index < -0.39 is 0 Å². The number of morpholine rings is 1. The average Bonchev–Trinajstić information content (AvgIpc) is 3.01. The SMILES string of the molecule is CC(=O)N(CC[NH+]1CCOCC1)Cc1cccc2c1OCO2. The Hall–Kier alpha value is -1.79. The van der Waals surface area contributed by atoms with E-state index in [1.807, 2.05) is 23.1 Å². The van der Waals surface area contributed by atoms with Crippen LogP contribution in [0.1, 0.15) is 12.5 Å². The van der Waals surface area contributed by atoms with E-state index in [1.165, 1.54) is 4.90 Å². The number of carbonyl (C=O) groups excluding carboxylic acids is 1. The van der Waals surface area contributed by atoms with Crippen LogP contribution in [0, 0.1) is 0 Å². The van der Waals surface area contributed by atoms with E-state index in [9.17, 15) is 4.79 Å². The van der Waals surface area contributed by atoms with Crippen molar-refractivity contribution >= 4 is 5.91 Å². The van der Waals surface area contributed by atoms with Gasteiger partial charge in [0.05, 0.1) is 26.3 Å². The van der Waals surface area contributed by atoms with Crippen molar-refractivity contribution in [2.24, 2.45) is 0 Å². The molecule has 0 atom stereocenters. The van der Waals surface area contributed by atoms with E-state index in [0.717, 1.165) is 56.5 Å². The lowest BCUT2D eigenvalue weighted by molar-refractivity contribution is -0.907. The normalized spacial score (nSPS) is 17.5. The molecular weight excluding hydrogens is 284 g/mol. The maximum absolute atomic E-state index is 11.9. The van der Waals surface area contributed by atoms with Crippen LogP contribution < -0.4 is 14.4 Å². The molecule has 1 aromatic carbocycles. The van der Waals surface area contributed by atoms with E-state index in [4.69, 9.17) is 14.2 Å². The molecule has 6 nitrogen and oxygen atoms in total. The second kappa shape index (κ2) is 6.98. The van der Waals surface area contributed by atoms with Crippen molar-refractivity contribution in [2.45, 2.75) is 13.5 Å². The zero-order valence-corrected chi connectivity index (χ0v) is 13.0. The minimum atomic E-state index is 0.0872. The van der Waals surface area contributed by atoms with Crippen molar-refractivity contribution < 1.29 is 23.9 Å². The summed E-state index contributed by atoms with van der Waals surface area (Å²) < 4.78 is 16.3. The maximum Gasteiger partial charge on any atom is 0.231 e. The first-order chi connectivity index (χ1) is 10.7. The molecule has 0 spiro atoms. The number of amides is 1. The summed E-state index contributed by atoms with van der Waals surface area (Å²) >= 11 is 0. The summed E-state index contributed by atoms with van der Waals surface area (Å²) in [6.45, 7) is 7.79.